The Balaban J connectivity index is 1.72. The molecule has 1 aromatic carbocycles. The van der Waals surface area contributed by atoms with Gasteiger partial charge in [-0.05, 0) is 45.3 Å². The molecule has 5 heteroatoms. The van der Waals surface area contributed by atoms with E-state index in [0.29, 0.717) is 18.4 Å². The molecule has 0 radical (unpaired) electrons. The third-order valence-corrected chi connectivity index (χ3v) is 6.46. The van der Waals surface area contributed by atoms with Gasteiger partial charge in [0, 0.05) is 37.7 Å². The lowest BCUT2D eigenvalue weighted by atomic mass is 9.69. The van der Waals surface area contributed by atoms with Crippen LogP contribution in [-0.4, -0.2) is 68.0 Å². The van der Waals surface area contributed by atoms with Crippen LogP contribution in [0, 0.1) is 11.8 Å². The molecular weight excluding hydrogens is 340 g/mol. The van der Waals surface area contributed by atoms with E-state index < -0.39 is 5.60 Å². The van der Waals surface area contributed by atoms with Crippen molar-refractivity contribution in [1.29, 1.82) is 0 Å². The van der Waals surface area contributed by atoms with Gasteiger partial charge in [0.05, 0.1) is 12.7 Å². The first-order chi connectivity index (χ1) is 13.0. The molecule has 1 aliphatic carbocycles. The highest BCUT2D eigenvalue weighted by Crippen LogP contribution is 2.45. The van der Waals surface area contributed by atoms with E-state index in [4.69, 9.17) is 9.47 Å². The third kappa shape index (κ3) is 4.58. The molecule has 3 rings (SSSR count). The molecular formula is C22H36N2O3. The van der Waals surface area contributed by atoms with Gasteiger partial charge in [-0.25, -0.2) is 0 Å². The van der Waals surface area contributed by atoms with E-state index in [0.717, 1.165) is 56.9 Å². The summed E-state index contributed by atoms with van der Waals surface area (Å²) >= 11 is 0. The number of hydrogen-bond acceptors (Lipinski definition) is 5. The fraction of sp³-hybridized carbons (Fsp3) is 0.727. The molecule has 1 N–H and O–H groups in total. The second-order valence-electron chi connectivity index (χ2n) is 8.51. The Morgan fingerprint density at radius 3 is 2.81 bits per heavy atom. The predicted octanol–water partition coefficient (Wildman–Crippen LogP) is 3.01. The maximum Gasteiger partial charge on any atom is 0.165 e. The standard InChI is InChI=1S/C22H36N2O3/c1-5-22(25)11-7-9-17-14-24(16-19(17)22)15-18-8-6-10-20(26-4)21(18)27-13-12-23(2)3/h6,8,10,17,19,25H,5,7,9,11-16H2,1-4H3/t17-,19+,22-/m1/s1. The van der Waals surface area contributed by atoms with Crippen LogP contribution in [0.4, 0.5) is 0 Å². The summed E-state index contributed by atoms with van der Waals surface area (Å²) < 4.78 is 11.7. The third-order valence-electron chi connectivity index (χ3n) is 6.46. The quantitative estimate of drug-likeness (QED) is 0.756. The molecule has 0 spiro atoms. The summed E-state index contributed by atoms with van der Waals surface area (Å²) in [4.78, 5) is 4.61. The van der Waals surface area contributed by atoms with Crippen molar-refractivity contribution in [2.45, 2.75) is 44.8 Å². The van der Waals surface area contributed by atoms with Gasteiger partial charge < -0.3 is 19.5 Å². The normalized spacial score (nSPS) is 28.4. The Hall–Kier alpha value is -1.30. The van der Waals surface area contributed by atoms with Gasteiger partial charge in [-0.2, -0.15) is 0 Å². The Morgan fingerprint density at radius 1 is 1.30 bits per heavy atom. The molecule has 1 saturated heterocycles. The smallest absolute Gasteiger partial charge is 0.165 e. The minimum atomic E-state index is -0.475. The van der Waals surface area contributed by atoms with Crippen molar-refractivity contribution >= 4 is 0 Å². The second kappa shape index (κ2) is 8.80. The largest absolute Gasteiger partial charge is 0.493 e. The van der Waals surface area contributed by atoms with Crippen molar-refractivity contribution in [2.75, 3.05) is 47.4 Å². The summed E-state index contributed by atoms with van der Waals surface area (Å²) in [5.41, 5.74) is 0.698. The monoisotopic (exact) mass is 376 g/mol. The van der Waals surface area contributed by atoms with Crippen LogP contribution >= 0.6 is 0 Å². The number of likely N-dealkylation sites (tertiary alicyclic amines) is 1. The van der Waals surface area contributed by atoms with E-state index in [2.05, 4.69) is 22.8 Å². The summed E-state index contributed by atoms with van der Waals surface area (Å²) in [7, 11) is 5.80. The number of rotatable bonds is 8. The first-order valence-electron chi connectivity index (χ1n) is 10.3. The van der Waals surface area contributed by atoms with Crippen molar-refractivity contribution in [3.8, 4) is 11.5 Å². The number of likely N-dealkylation sites (N-methyl/N-ethyl adjacent to an activating group) is 1. The zero-order valence-electron chi connectivity index (χ0n) is 17.4. The zero-order chi connectivity index (χ0) is 19.4. The minimum absolute atomic E-state index is 0.403. The first-order valence-corrected chi connectivity index (χ1v) is 10.3. The minimum Gasteiger partial charge on any atom is -0.493 e. The van der Waals surface area contributed by atoms with E-state index in [1.165, 1.54) is 12.0 Å². The number of benzene rings is 1. The summed E-state index contributed by atoms with van der Waals surface area (Å²) in [6.07, 6.45) is 4.21. The number of nitrogens with zero attached hydrogens (tertiary/aromatic N) is 2. The molecule has 0 bridgehead atoms. The topological polar surface area (TPSA) is 45.2 Å². The van der Waals surface area contributed by atoms with Crippen molar-refractivity contribution in [3.63, 3.8) is 0 Å². The van der Waals surface area contributed by atoms with Gasteiger partial charge in [0.15, 0.2) is 11.5 Å². The highest BCUT2D eigenvalue weighted by Gasteiger charge is 2.47. The summed E-state index contributed by atoms with van der Waals surface area (Å²) in [5.74, 6) is 2.68. The fourth-order valence-electron chi connectivity index (χ4n) is 4.87. The Labute approximate surface area is 164 Å². The molecule has 0 aromatic heterocycles. The lowest BCUT2D eigenvalue weighted by molar-refractivity contribution is -0.0613. The molecule has 2 fully saturated rings. The zero-order valence-corrected chi connectivity index (χ0v) is 17.4. The average molecular weight is 377 g/mol. The molecule has 1 aromatic rings. The Kier molecular flexibility index (Phi) is 6.66. The van der Waals surface area contributed by atoms with Gasteiger partial charge in [-0.3, -0.25) is 4.90 Å². The molecule has 0 amide bonds. The van der Waals surface area contributed by atoms with Crippen molar-refractivity contribution in [1.82, 2.24) is 9.80 Å². The lowest BCUT2D eigenvalue weighted by Gasteiger charge is -2.40. The molecule has 152 valence electrons. The molecule has 3 atom stereocenters. The molecule has 1 aliphatic heterocycles. The van der Waals surface area contributed by atoms with E-state index in [9.17, 15) is 5.11 Å². The maximum atomic E-state index is 11.1. The van der Waals surface area contributed by atoms with Crippen LogP contribution < -0.4 is 9.47 Å². The number of ether oxygens (including phenoxy) is 2. The van der Waals surface area contributed by atoms with Crippen LogP contribution in [0.5, 0.6) is 11.5 Å². The van der Waals surface area contributed by atoms with E-state index in [1.54, 1.807) is 7.11 Å². The van der Waals surface area contributed by atoms with E-state index in [-0.39, 0.29) is 0 Å². The van der Waals surface area contributed by atoms with Crippen molar-refractivity contribution in [2.24, 2.45) is 11.8 Å². The number of aliphatic hydroxyl groups is 1. The van der Waals surface area contributed by atoms with Crippen LogP contribution in [0.25, 0.3) is 0 Å². The molecule has 1 heterocycles. The molecule has 0 unspecified atom stereocenters. The number of methoxy groups -OCH3 is 1. The van der Waals surface area contributed by atoms with Crippen LogP contribution in [0.15, 0.2) is 18.2 Å². The predicted molar refractivity (Wildman–Crippen MR) is 108 cm³/mol. The van der Waals surface area contributed by atoms with Gasteiger partial charge >= 0.3 is 0 Å². The first kappa shape index (κ1) is 20.4. The van der Waals surface area contributed by atoms with Gasteiger partial charge in [0.1, 0.15) is 6.61 Å². The van der Waals surface area contributed by atoms with Gasteiger partial charge in [-0.15, -0.1) is 0 Å². The number of fused-ring (bicyclic) bond motifs is 1. The van der Waals surface area contributed by atoms with Crippen LogP contribution in [0.2, 0.25) is 0 Å². The molecule has 5 nitrogen and oxygen atoms in total. The summed E-state index contributed by atoms with van der Waals surface area (Å²) in [6, 6.07) is 6.15. The van der Waals surface area contributed by atoms with Gasteiger partial charge in [0.25, 0.3) is 0 Å². The van der Waals surface area contributed by atoms with Crippen molar-refractivity contribution in [3.05, 3.63) is 23.8 Å². The lowest BCUT2D eigenvalue weighted by Crippen LogP contribution is -2.44. The Morgan fingerprint density at radius 2 is 2.11 bits per heavy atom. The highest BCUT2D eigenvalue weighted by atomic mass is 16.5. The molecule has 27 heavy (non-hydrogen) atoms. The highest BCUT2D eigenvalue weighted by molar-refractivity contribution is 5.46. The average Bonchev–Trinajstić information content (AvgIpc) is 3.07. The molecule has 1 saturated carbocycles. The maximum absolute atomic E-state index is 11.1. The summed E-state index contributed by atoms with van der Waals surface area (Å²) in [6.45, 7) is 6.53. The number of hydrogen-bond donors (Lipinski definition) is 1. The van der Waals surface area contributed by atoms with Crippen LogP contribution in [0.1, 0.15) is 38.2 Å². The van der Waals surface area contributed by atoms with Crippen LogP contribution in [0.3, 0.4) is 0 Å². The second-order valence-corrected chi connectivity index (χ2v) is 8.51. The number of para-hydroxylation sites is 1. The van der Waals surface area contributed by atoms with Crippen molar-refractivity contribution < 1.29 is 14.6 Å². The SMILES string of the molecule is CC[C@@]1(O)CCC[C@@H]2CN(Cc3cccc(OC)c3OCCN(C)C)C[C@@H]21. The van der Waals surface area contributed by atoms with Gasteiger partial charge in [0.2, 0.25) is 0 Å². The van der Waals surface area contributed by atoms with Gasteiger partial charge in [-0.1, -0.05) is 25.5 Å². The van der Waals surface area contributed by atoms with E-state index >= 15 is 0 Å². The van der Waals surface area contributed by atoms with E-state index in [1.807, 2.05) is 26.2 Å². The molecule has 2 aliphatic rings. The fourth-order valence-corrected chi connectivity index (χ4v) is 4.87. The summed E-state index contributed by atoms with van der Waals surface area (Å²) in [5, 5.41) is 11.1. The Bertz CT molecular complexity index is 622. The van der Waals surface area contributed by atoms with Crippen LogP contribution in [-0.2, 0) is 6.54 Å².